The molecule has 2 rings (SSSR count). The molecule has 0 fully saturated rings. The number of halogens is 2. The summed E-state index contributed by atoms with van der Waals surface area (Å²) in [7, 11) is 0. The Bertz CT molecular complexity index is 458. The molecule has 0 atom stereocenters. The molecule has 8 heteroatoms. The van der Waals surface area contributed by atoms with Crippen LogP contribution >= 0.6 is 23.2 Å². The van der Waals surface area contributed by atoms with Crippen molar-refractivity contribution in [1.29, 1.82) is 0 Å². The maximum Gasteiger partial charge on any atom is 0.224 e. The standard InChI is InChI=1S/C8H8Cl2N6/c9-6-5-12-8(10)14-7(6)11-1-3-16-4-2-13-15-16/h2,4-5H,1,3H2,(H,11,12,14). The molecule has 0 bridgehead atoms. The zero-order valence-electron chi connectivity index (χ0n) is 8.14. The van der Waals surface area contributed by atoms with Crippen molar-refractivity contribution in [2.75, 3.05) is 11.9 Å². The highest BCUT2D eigenvalue weighted by molar-refractivity contribution is 6.33. The molecule has 0 aliphatic heterocycles. The lowest BCUT2D eigenvalue weighted by Gasteiger charge is -2.06. The maximum absolute atomic E-state index is 5.88. The van der Waals surface area contributed by atoms with Gasteiger partial charge in [0.1, 0.15) is 10.8 Å². The topological polar surface area (TPSA) is 68.5 Å². The molecule has 2 aromatic rings. The van der Waals surface area contributed by atoms with Crippen molar-refractivity contribution in [1.82, 2.24) is 25.0 Å². The maximum atomic E-state index is 5.88. The summed E-state index contributed by atoms with van der Waals surface area (Å²) in [5, 5.41) is 11.1. The summed E-state index contributed by atoms with van der Waals surface area (Å²) in [5.74, 6) is 0.516. The van der Waals surface area contributed by atoms with E-state index >= 15 is 0 Å². The van der Waals surface area contributed by atoms with Gasteiger partial charge in [0.2, 0.25) is 5.28 Å². The smallest absolute Gasteiger partial charge is 0.224 e. The molecule has 0 radical (unpaired) electrons. The van der Waals surface area contributed by atoms with E-state index in [9.17, 15) is 0 Å². The van der Waals surface area contributed by atoms with Crippen molar-refractivity contribution in [2.24, 2.45) is 0 Å². The molecule has 84 valence electrons. The van der Waals surface area contributed by atoms with Crippen LogP contribution in [0, 0.1) is 0 Å². The minimum atomic E-state index is 0.160. The third-order valence-electron chi connectivity index (χ3n) is 1.82. The van der Waals surface area contributed by atoms with Gasteiger partial charge in [0.25, 0.3) is 0 Å². The molecule has 0 spiro atoms. The Balaban J connectivity index is 1.92. The van der Waals surface area contributed by atoms with Gasteiger partial charge in [-0.25, -0.2) is 4.98 Å². The number of hydrogen-bond acceptors (Lipinski definition) is 5. The highest BCUT2D eigenvalue weighted by Gasteiger charge is 2.03. The number of anilines is 1. The molecular weight excluding hydrogens is 251 g/mol. The van der Waals surface area contributed by atoms with Crippen molar-refractivity contribution in [3.05, 3.63) is 28.9 Å². The predicted octanol–water partition coefficient (Wildman–Crippen LogP) is 1.49. The van der Waals surface area contributed by atoms with Crippen LogP contribution in [0.2, 0.25) is 10.3 Å². The van der Waals surface area contributed by atoms with Crippen molar-refractivity contribution >= 4 is 29.0 Å². The Hall–Kier alpha value is -1.40. The molecule has 0 unspecified atom stereocenters. The van der Waals surface area contributed by atoms with Gasteiger partial charge >= 0.3 is 0 Å². The Kier molecular flexibility index (Phi) is 3.53. The van der Waals surface area contributed by atoms with E-state index in [2.05, 4.69) is 25.6 Å². The van der Waals surface area contributed by atoms with E-state index < -0.39 is 0 Å². The second kappa shape index (κ2) is 5.09. The number of aromatic nitrogens is 5. The summed E-state index contributed by atoms with van der Waals surface area (Å²) in [6, 6.07) is 0. The van der Waals surface area contributed by atoms with Gasteiger partial charge in [0, 0.05) is 12.7 Å². The molecule has 0 amide bonds. The van der Waals surface area contributed by atoms with E-state index in [4.69, 9.17) is 23.2 Å². The molecular formula is C8H8Cl2N6. The van der Waals surface area contributed by atoms with Crippen LogP contribution in [-0.2, 0) is 6.54 Å². The lowest BCUT2D eigenvalue weighted by Crippen LogP contribution is -2.12. The molecule has 2 heterocycles. The fourth-order valence-corrected chi connectivity index (χ4v) is 1.40. The van der Waals surface area contributed by atoms with Gasteiger partial charge in [-0.05, 0) is 11.6 Å². The Morgan fingerprint density at radius 2 is 2.25 bits per heavy atom. The van der Waals surface area contributed by atoms with Crippen molar-refractivity contribution in [3.63, 3.8) is 0 Å². The summed E-state index contributed by atoms with van der Waals surface area (Å²) in [5.41, 5.74) is 0. The predicted molar refractivity (Wildman–Crippen MR) is 60.6 cm³/mol. The van der Waals surface area contributed by atoms with Gasteiger partial charge < -0.3 is 5.32 Å². The highest BCUT2D eigenvalue weighted by atomic mass is 35.5. The van der Waals surface area contributed by atoms with Crippen molar-refractivity contribution in [3.8, 4) is 0 Å². The minimum absolute atomic E-state index is 0.160. The van der Waals surface area contributed by atoms with Crippen LogP contribution < -0.4 is 5.32 Å². The Labute approximate surface area is 102 Å². The zero-order valence-corrected chi connectivity index (χ0v) is 9.65. The molecule has 0 aliphatic carbocycles. The summed E-state index contributed by atoms with van der Waals surface area (Å²) in [6.07, 6.45) is 4.85. The van der Waals surface area contributed by atoms with Crippen LogP contribution in [0.25, 0.3) is 0 Å². The first kappa shape index (κ1) is 11.1. The molecule has 0 saturated heterocycles. The van der Waals surface area contributed by atoms with Gasteiger partial charge in [-0.2, -0.15) is 4.98 Å². The van der Waals surface area contributed by atoms with Crippen LogP contribution in [0.1, 0.15) is 0 Å². The third kappa shape index (κ3) is 2.80. The number of hydrogen-bond donors (Lipinski definition) is 1. The first-order chi connectivity index (χ1) is 7.75. The first-order valence-corrected chi connectivity index (χ1v) is 5.27. The monoisotopic (exact) mass is 258 g/mol. The van der Waals surface area contributed by atoms with E-state index in [-0.39, 0.29) is 5.28 Å². The quantitative estimate of drug-likeness (QED) is 0.842. The normalized spacial score (nSPS) is 10.4. The summed E-state index contributed by atoms with van der Waals surface area (Å²) in [4.78, 5) is 7.71. The minimum Gasteiger partial charge on any atom is -0.367 e. The lowest BCUT2D eigenvalue weighted by atomic mass is 10.5. The Morgan fingerprint density at radius 1 is 1.38 bits per heavy atom. The van der Waals surface area contributed by atoms with E-state index in [0.29, 0.717) is 23.9 Å². The van der Waals surface area contributed by atoms with E-state index in [0.717, 1.165) is 0 Å². The van der Waals surface area contributed by atoms with Crippen LogP contribution in [0.3, 0.4) is 0 Å². The molecule has 1 N–H and O–H groups in total. The second-order valence-electron chi connectivity index (χ2n) is 2.93. The van der Waals surface area contributed by atoms with Crippen molar-refractivity contribution < 1.29 is 0 Å². The number of rotatable bonds is 4. The first-order valence-electron chi connectivity index (χ1n) is 4.52. The fourth-order valence-electron chi connectivity index (χ4n) is 1.11. The molecule has 6 nitrogen and oxygen atoms in total. The zero-order chi connectivity index (χ0) is 11.4. The highest BCUT2D eigenvalue weighted by Crippen LogP contribution is 2.18. The number of nitrogens with one attached hydrogen (secondary N) is 1. The van der Waals surface area contributed by atoms with E-state index in [1.165, 1.54) is 6.20 Å². The summed E-state index contributed by atoms with van der Waals surface area (Å²) in [6.45, 7) is 1.29. The molecule has 0 saturated carbocycles. The van der Waals surface area contributed by atoms with Crippen LogP contribution in [0.4, 0.5) is 5.82 Å². The third-order valence-corrected chi connectivity index (χ3v) is 2.28. The molecule has 16 heavy (non-hydrogen) atoms. The van der Waals surface area contributed by atoms with Crippen LogP contribution in [0.15, 0.2) is 18.6 Å². The van der Waals surface area contributed by atoms with Crippen molar-refractivity contribution in [2.45, 2.75) is 6.54 Å². The second-order valence-corrected chi connectivity index (χ2v) is 3.67. The van der Waals surface area contributed by atoms with E-state index in [1.807, 2.05) is 0 Å². The van der Waals surface area contributed by atoms with Gasteiger partial charge in [-0.15, -0.1) is 5.10 Å². The lowest BCUT2D eigenvalue weighted by molar-refractivity contribution is 0.608. The van der Waals surface area contributed by atoms with Gasteiger partial charge in [0.05, 0.1) is 18.9 Å². The molecule has 0 aliphatic rings. The average molecular weight is 259 g/mol. The van der Waals surface area contributed by atoms with Crippen LogP contribution in [0.5, 0.6) is 0 Å². The SMILES string of the molecule is Clc1ncc(Cl)c(NCCn2ccnn2)n1. The van der Waals surface area contributed by atoms with Gasteiger partial charge in [-0.1, -0.05) is 16.8 Å². The molecule has 0 aromatic carbocycles. The summed E-state index contributed by atoms with van der Waals surface area (Å²) >= 11 is 11.5. The largest absolute Gasteiger partial charge is 0.367 e. The van der Waals surface area contributed by atoms with E-state index in [1.54, 1.807) is 17.1 Å². The van der Waals surface area contributed by atoms with Gasteiger partial charge in [-0.3, -0.25) is 4.68 Å². The number of nitrogens with zero attached hydrogens (tertiary/aromatic N) is 5. The fraction of sp³-hybridized carbons (Fsp3) is 0.250. The van der Waals surface area contributed by atoms with Crippen LogP contribution in [-0.4, -0.2) is 31.5 Å². The summed E-state index contributed by atoms with van der Waals surface area (Å²) < 4.78 is 1.70. The molecule has 2 aromatic heterocycles. The van der Waals surface area contributed by atoms with Gasteiger partial charge in [0.15, 0.2) is 0 Å². The Morgan fingerprint density at radius 3 is 3.00 bits per heavy atom. The average Bonchev–Trinajstić information content (AvgIpc) is 2.76.